The van der Waals surface area contributed by atoms with Gasteiger partial charge in [0.15, 0.2) is 0 Å². The van der Waals surface area contributed by atoms with E-state index in [0.29, 0.717) is 12.1 Å². The molecular weight excluding hydrogens is 166 g/mol. The van der Waals surface area contributed by atoms with Gasteiger partial charge in [-0.3, -0.25) is 0 Å². The SMILES string of the molecule is COCCCOC1CCNC(C)C1. The summed E-state index contributed by atoms with van der Waals surface area (Å²) in [5.74, 6) is 0. The largest absolute Gasteiger partial charge is 0.385 e. The minimum absolute atomic E-state index is 0.466. The molecule has 0 aromatic rings. The van der Waals surface area contributed by atoms with Crippen molar-refractivity contribution in [2.45, 2.75) is 38.3 Å². The van der Waals surface area contributed by atoms with Crippen LogP contribution in [0.15, 0.2) is 0 Å². The summed E-state index contributed by atoms with van der Waals surface area (Å²) in [4.78, 5) is 0. The highest BCUT2D eigenvalue weighted by Gasteiger charge is 2.17. The van der Waals surface area contributed by atoms with E-state index in [0.717, 1.165) is 39.0 Å². The van der Waals surface area contributed by atoms with E-state index in [1.165, 1.54) is 0 Å². The predicted octanol–water partition coefficient (Wildman–Crippen LogP) is 1.18. The standard InChI is InChI=1S/C10H21NO2/c1-9-8-10(4-5-11-9)13-7-3-6-12-2/h9-11H,3-8H2,1-2H3. The van der Waals surface area contributed by atoms with E-state index in [1.807, 2.05) is 0 Å². The highest BCUT2D eigenvalue weighted by Crippen LogP contribution is 2.11. The molecule has 3 nitrogen and oxygen atoms in total. The third-order valence-electron chi connectivity index (χ3n) is 2.42. The highest BCUT2D eigenvalue weighted by atomic mass is 16.5. The first-order chi connectivity index (χ1) is 6.33. The zero-order chi connectivity index (χ0) is 9.52. The van der Waals surface area contributed by atoms with E-state index < -0.39 is 0 Å². The Morgan fingerprint density at radius 2 is 2.23 bits per heavy atom. The van der Waals surface area contributed by atoms with Crippen LogP contribution >= 0.6 is 0 Å². The molecule has 1 aliphatic heterocycles. The van der Waals surface area contributed by atoms with E-state index in [1.54, 1.807) is 7.11 Å². The van der Waals surface area contributed by atoms with Crippen molar-refractivity contribution in [3.8, 4) is 0 Å². The zero-order valence-corrected chi connectivity index (χ0v) is 8.71. The molecule has 1 saturated heterocycles. The minimum Gasteiger partial charge on any atom is -0.385 e. The second-order valence-corrected chi connectivity index (χ2v) is 3.72. The van der Waals surface area contributed by atoms with Gasteiger partial charge in [-0.25, -0.2) is 0 Å². The molecule has 1 aliphatic rings. The van der Waals surface area contributed by atoms with E-state index in [4.69, 9.17) is 9.47 Å². The van der Waals surface area contributed by atoms with Gasteiger partial charge in [-0.1, -0.05) is 0 Å². The van der Waals surface area contributed by atoms with E-state index in [2.05, 4.69) is 12.2 Å². The average Bonchev–Trinajstić information content (AvgIpc) is 2.13. The summed E-state index contributed by atoms with van der Waals surface area (Å²) in [6.07, 6.45) is 3.77. The summed E-state index contributed by atoms with van der Waals surface area (Å²) in [5, 5.41) is 3.41. The molecule has 0 radical (unpaired) electrons. The third-order valence-corrected chi connectivity index (χ3v) is 2.42. The molecule has 2 atom stereocenters. The van der Waals surface area contributed by atoms with Crippen LogP contribution in [0.5, 0.6) is 0 Å². The van der Waals surface area contributed by atoms with Gasteiger partial charge in [-0.2, -0.15) is 0 Å². The quantitative estimate of drug-likeness (QED) is 0.656. The molecule has 0 spiro atoms. The van der Waals surface area contributed by atoms with Crippen LogP contribution in [0.3, 0.4) is 0 Å². The maximum Gasteiger partial charge on any atom is 0.0602 e. The van der Waals surface area contributed by atoms with Gasteiger partial charge in [0.1, 0.15) is 0 Å². The Hall–Kier alpha value is -0.120. The lowest BCUT2D eigenvalue weighted by Crippen LogP contribution is -2.39. The fourth-order valence-electron chi connectivity index (χ4n) is 1.69. The van der Waals surface area contributed by atoms with Gasteiger partial charge in [0.25, 0.3) is 0 Å². The van der Waals surface area contributed by atoms with Crippen LogP contribution in [0.25, 0.3) is 0 Å². The normalized spacial score (nSPS) is 29.1. The summed E-state index contributed by atoms with van der Waals surface area (Å²) in [5.41, 5.74) is 0. The second-order valence-electron chi connectivity index (χ2n) is 3.72. The predicted molar refractivity (Wildman–Crippen MR) is 52.9 cm³/mol. The van der Waals surface area contributed by atoms with Crippen molar-refractivity contribution in [1.82, 2.24) is 5.32 Å². The molecule has 3 heteroatoms. The van der Waals surface area contributed by atoms with Crippen molar-refractivity contribution in [3.63, 3.8) is 0 Å². The van der Waals surface area contributed by atoms with Crippen molar-refractivity contribution in [2.24, 2.45) is 0 Å². The summed E-state index contributed by atoms with van der Waals surface area (Å²) >= 11 is 0. The van der Waals surface area contributed by atoms with Crippen molar-refractivity contribution in [2.75, 3.05) is 26.9 Å². The van der Waals surface area contributed by atoms with Crippen LogP contribution < -0.4 is 5.32 Å². The number of rotatable bonds is 5. The van der Waals surface area contributed by atoms with Crippen LogP contribution in [0.2, 0.25) is 0 Å². The second kappa shape index (κ2) is 6.35. The summed E-state index contributed by atoms with van der Waals surface area (Å²) in [6, 6.07) is 0.612. The molecule has 13 heavy (non-hydrogen) atoms. The Labute approximate surface area is 80.8 Å². The van der Waals surface area contributed by atoms with Gasteiger partial charge in [-0.15, -0.1) is 0 Å². The molecule has 0 aliphatic carbocycles. The van der Waals surface area contributed by atoms with Crippen molar-refractivity contribution >= 4 is 0 Å². The molecule has 0 aromatic heterocycles. The first-order valence-corrected chi connectivity index (χ1v) is 5.17. The van der Waals surface area contributed by atoms with Crippen molar-refractivity contribution in [1.29, 1.82) is 0 Å². The van der Waals surface area contributed by atoms with Crippen LogP contribution in [0, 0.1) is 0 Å². The highest BCUT2D eigenvalue weighted by molar-refractivity contribution is 4.75. The van der Waals surface area contributed by atoms with Crippen LogP contribution in [0.4, 0.5) is 0 Å². The first-order valence-electron chi connectivity index (χ1n) is 5.17. The monoisotopic (exact) mass is 187 g/mol. The number of methoxy groups -OCH3 is 1. The van der Waals surface area contributed by atoms with Gasteiger partial charge >= 0.3 is 0 Å². The van der Waals surface area contributed by atoms with Crippen molar-refractivity contribution in [3.05, 3.63) is 0 Å². The molecule has 2 unspecified atom stereocenters. The maximum absolute atomic E-state index is 5.74. The molecule has 0 saturated carbocycles. The molecular formula is C10H21NO2. The Morgan fingerprint density at radius 3 is 2.92 bits per heavy atom. The van der Waals surface area contributed by atoms with E-state index in [9.17, 15) is 0 Å². The lowest BCUT2D eigenvalue weighted by molar-refractivity contribution is 0.0144. The lowest BCUT2D eigenvalue weighted by Gasteiger charge is -2.27. The van der Waals surface area contributed by atoms with Gasteiger partial charge in [0.05, 0.1) is 6.10 Å². The minimum atomic E-state index is 0.466. The maximum atomic E-state index is 5.74. The van der Waals surface area contributed by atoms with Crippen LogP contribution in [-0.4, -0.2) is 39.0 Å². The van der Waals surface area contributed by atoms with Gasteiger partial charge in [-0.05, 0) is 32.7 Å². The van der Waals surface area contributed by atoms with E-state index in [-0.39, 0.29) is 0 Å². The Balaban J connectivity index is 2.00. The smallest absolute Gasteiger partial charge is 0.0602 e. The number of piperidine rings is 1. The molecule has 78 valence electrons. The Kier molecular flexibility index (Phi) is 5.35. The topological polar surface area (TPSA) is 30.5 Å². The summed E-state index contributed by atoms with van der Waals surface area (Å²) in [7, 11) is 1.73. The average molecular weight is 187 g/mol. The number of hydrogen-bond acceptors (Lipinski definition) is 3. The zero-order valence-electron chi connectivity index (χ0n) is 8.71. The molecule has 1 N–H and O–H groups in total. The third kappa shape index (κ3) is 4.60. The number of nitrogens with one attached hydrogen (secondary N) is 1. The fourth-order valence-corrected chi connectivity index (χ4v) is 1.69. The number of hydrogen-bond donors (Lipinski definition) is 1. The lowest BCUT2D eigenvalue weighted by atomic mass is 10.0. The molecule has 1 rings (SSSR count). The fraction of sp³-hybridized carbons (Fsp3) is 1.00. The first kappa shape index (κ1) is 11.0. The number of ether oxygens (including phenoxy) is 2. The van der Waals surface area contributed by atoms with Crippen molar-refractivity contribution < 1.29 is 9.47 Å². The Morgan fingerprint density at radius 1 is 1.38 bits per heavy atom. The Bertz CT molecular complexity index is 130. The van der Waals surface area contributed by atoms with Crippen LogP contribution in [-0.2, 0) is 9.47 Å². The molecule has 0 bridgehead atoms. The van der Waals surface area contributed by atoms with Gasteiger partial charge < -0.3 is 14.8 Å². The van der Waals surface area contributed by atoms with Gasteiger partial charge in [0.2, 0.25) is 0 Å². The van der Waals surface area contributed by atoms with Gasteiger partial charge in [0, 0.05) is 26.4 Å². The van der Waals surface area contributed by atoms with Crippen LogP contribution in [0.1, 0.15) is 26.2 Å². The van der Waals surface area contributed by atoms with E-state index >= 15 is 0 Å². The molecule has 0 aromatic carbocycles. The molecule has 1 heterocycles. The summed E-state index contributed by atoms with van der Waals surface area (Å²) in [6.45, 7) is 4.95. The molecule has 1 fully saturated rings. The molecule has 0 amide bonds. The summed E-state index contributed by atoms with van der Waals surface area (Å²) < 4.78 is 10.7.